The lowest BCUT2D eigenvalue weighted by molar-refractivity contribution is 0.102. The summed E-state index contributed by atoms with van der Waals surface area (Å²) in [5.74, 6) is 0.221. The maximum Gasteiger partial charge on any atom is 0.257 e. The topological polar surface area (TPSA) is 83.8 Å². The van der Waals surface area contributed by atoms with Crippen LogP contribution in [-0.2, 0) is 0 Å². The Morgan fingerprint density at radius 3 is 2.88 bits per heavy atom. The van der Waals surface area contributed by atoms with E-state index >= 15 is 0 Å². The van der Waals surface area contributed by atoms with Gasteiger partial charge in [-0.05, 0) is 17.9 Å². The Bertz CT molecular complexity index is 572. The van der Waals surface area contributed by atoms with Gasteiger partial charge in [-0.1, -0.05) is 12.2 Å². The number of carbonyl (C=O) groups is 1. The molecule has 2 aromatic heterocycles. The van der Waals surface area contributed by atoms with Crippen molar-refractivity contribution in [1.82, 2.24) is 10.2 Å². The molecule has 0 saturated heterocycles. The highest BCUT2D eigenvalue weighted by atomic mass is 32.1. The quantitative estimate of drug-likeness (QED) is 0.738. The number of amides is 1. The highest BCUT2D eigenvalue weighted by molar-refractivity contribution is 7.80. The molecule has 2 heterocycles. The fourth-order valence-corrected chi connectivity index (χ4v) is 2.33. The lowest BCUT2D eigenvalue weighted by atomic mass is 10.2. The number of rotatable bonds is 3. The molecule has 2 aromatic rings. The van der Waals surface area contributed by atoms with Crippen LogP contribution in [0.2, 0.25) is 0 Å². The van der Waals surface area contributed by atoms with Gasteiger partial charge < -0.3 is 11.1 Å². The molecule has 4 N–H and O–H groups in total. The van der Waals surface area contributed by atoms with Crippen molar-refractivity contribution in [3.05, 3.63) is 33.6 Å². The molecule has 0 aromatic carbocycles. The minimum absolute atomic E-state index is 0.191. The van der Waals surface area contributed by atoms with Gasteiger partial charge in [0.25, 0.3) is 5.91 Å². The van der Waals surface area contributed by atoms with Crippen molar-refractivity contribution in [2.24, 2.45) is 5.73 Å². The van der Waals surface area contributed by atoms with Crippen molar-refractivity contribution >= 4 is 40.3 Å². The molecule has 0 bridgehead atoms. The molecular weight excluding hydrogens is 256 g/mol. The predicted molar refractivity (Wildman–Crippen MR) is 71.5 cm³/mol. The Hall–Kier alpha value is -1.73. The van der Waals surface area contributed by atoms with Crippen LogP contribution in [0.25, 0.3) is 0 Å². The van der Waals surface area contributed by atoms with Crippen molar-refractivity contribution in [3.8, 4) is 0 Å². The number of anilines is 1. The summed E-state index contributed by atoms with van der Waals surface area (Å²) in [6, 6.07) is 0. The summed E-state index contributed by atoms with van der Waals surface area (Å²) in [5, 5.41) is 12.9. The van der Waals surface area contributed by atoms with Gasteiger partial charge in [0.15, 0.2) is 0 Å². The summed E-state index contributed by atoms with van der Waals surface area (Å²) < 4.78 is 0. The number of hydrogen-bond donors (Lipinski definition) is 3. The molecule has 0 fully saturated rings. The van der Waals surface area contributed by atoms with Crippen LogP contribution < -0.4 is 11.1 Å². The molecule has 0 unspecified atom stereocenters. The number of nitrogens with two attached hydrogens (primary N) is 1. The summed E-state index contributed by atoms with van der Waals surface area (Å²) in [4.78, 5) is 12.1. The summed E-state index contributed by atoms with van der Waals surface area (Å²) >= 11 is 6.33. The van der Waals surface area contributed by atoms with E-state index in [9.17, 15) is 4.79 Å². The Labute approximate surface area is 107 Å². The Morgan fingerprint density at radius 2 is 2.29 bits per heavy atom. The van der Waals surface area contributed by atoms with Crippen LogP contribution in [0.15, 0.2) is 17.0 Å². The number of H-pyrrole nitrogens is 1. The van der Waals surface area contributed by atoms with E-state index in [-0.39, 0.29) is 10.9 Å². The number of aromatic nitrogens is 2. The van der Waals surface area contributed by atoms with Gasteiger partial charge in [0.05, 0.1) is 17.3 Å². The van der Waals surface area contributed by atoms with Gasteiger partial charge in [0, 0.05) is 5.38 Å². The number of hydrogen-bond acceptors (Lipinski definition) is 4. The van der Waals surface area contributed by atoms with Crippen molar-refractivity contribution in [2.75, 3.05) is 5.32 Å². The third-order valence-corrected chi connectivity index (χ3v) is 3.32. The van der Waals surface area contributed by atoms with Gasteiger partial charge in [0.2, 0.25) is 0 Å². The van der Waals surface area contributed by atoms with Crippen molar-refractivity contribution < 1.29 is 4.79 Å². The van der Waals surface area contributed by atoms with E-state index in [1.165, 1.54) is 17.5 Å². The minimum atomic E-state index is -0.203. The molecule has 0 atom stereocenters. The minimum Gasteiger partial charge on any atom is -0.389 e. The largest absolute Gasteiger partial charge is 0.389 e. The highest BCUT2D eigenvalue weighted by Crippen LogP contribution is 2.17. The Balaban J connectivity index is 2.22. The van der Waals surface area contributed by atoms with Gasteiger partial charge in [-0.2, -0.15) is 16.4 Å². The van der Waals surface area contributed by atoms with E-state index in [2.05, 4.69) is 15.5 Å². The SMILES string of the molecule is Cc1cscc1C(=O)Nc1[nH]ncc1C(N)=S. The molecular formula is C10H10N4OS2. The third-order valence-electron chi connectivity index (χ3n) is 2.24. The van der Waals surface area contributed by atoms with Gasteiger partial charge in [-0.15, -0.1) is 0 Å². The third kappa shape index (κ3) is 2.34. The predicted octanol–water partition coefficient (Wildman–Crippen LogP) is 1.67. The number of thiophene rings is 1. The molecule has 5 nitrogen and oxygen atoms in total. The highest BCUT2D eigenvalue weighted by Gasteiger charge is 2.14. The van der Waals surface area contributed by atoms with Gasteiger partial charge in [-0.25, -0.2) is 0 Å². The molecule has 2 rings (SSSR count). The van der Waals surface area contributed by atoms with E-state index in [1.54, 1.807) is 5.38 Å². The molecule has 0 radical (unpaired) electrons. The summed E-state index contributed by atoms with van der Waals surface area (Å²) in [7, 11) is 0. The van der Waals surface area contributed by atoms with Gasteiger partial charge >= 0.3 is 0 Å². The average molecular weight is 266 g/mol. The maximum atomic E-state index is 11.9. The zero-order chi connectivity index (χ0) is 12.4. The normalized spacial score (nSPS) is 10.2. The monoisotopic (exact) mass is 266 g/mol. The maximum absolute atomic E-state index is 11.9. The van der Waals surface area contributed by atoms with E-state index in [1.807, 2.05) is 12.3 Å². The van der Waals surface area contributed by atoms with Crippen LogP contribution >= 0.6 is 23.6 Å². The second kappa shape index (κ2) is 4.64. The summed E-state index contributed by atoms with van der Waals surface area (Å²) in [6.07, 6.45) is 1.48. The Morgan fingerprint density at radius 1 is 1.53 bits per heavy atom. The lowest BCUT2D eigenvalue weighted by Crippen LogP contribution is -2.17. The van der Waals surface area contributed by atoms with Crippen LogP contribution in [0, 0.1) is 6.92 Å². The molecule has 1 amide bonds. The molecule has 7 heteroatoms. The molecule has 17 heavy (non-hydrogen) atoms. The first-order valence-corrected chi connectivity index (χ1v) is 6.12. The van der Waals surface area contributed by atoms with Gasteiger partial charge in [0.1, 0.15) is 10.8 Å². The first-order valence-electron chi connectivity index (χ1n) is 4.77. The van der Waals surface area contributed by atoms with Crippen molar-refractivity contribution in [1.29, 1.82) is 0 Å². The summed E-state index contributed by atoms with van der Waals surface area (Å²) in [6.45, 7) is 1.88. The van der Waals surface area contributed by atoms with E-state index < -0.39 is 0 Å². The standard InChI is InChI=1S/C10H10N4OS2/c1-5-3-17-4-7(5)10(15)13-9-6(8(11)16)2-12-14-9/h2-4H,1H3,(H2,11,16)(H2,12,13,14,15). The van der Waals surface area contributed by atoms with Crippen molar-refractivity contribution in [2.45, 2.75) is 6.92 Å². The zero-order valence-electron chi connectivity index (χ0n) is 8.98. The number of carbonyl (C=O) groups excluding carboxylic acids is 1. The van der Waals surface area contributed by atoms with Gasteiger partial charge in [-0.3, -0.25) is 9.89 Å². The zero-order valence-corrected chi connectivity index (χ0v) is 10.6. The number of aryl methyl sites for hydroxylation is 1. The fraction of sp³-hybridized carbons (Fsp3) is 0.100. The van der Waals surface area contributed by atoms with Crippen LogP contribution in [0.5, 0.6) is 0 Å². The number of nitrogens with one attached hydrogen (secondary N) is 2. The molecule has 0 spiro atoms. The molecule has 0 aliphatic carbocycles. The molecule has 88 valence electrons. The molecule has 0 saturated carbocycles. The van der Waals surface area contributed by atoms with Crippen LogP contribution in [0.4, 0.5) is 5.82 Å². The van der Waals surface area contributed by atoms with Crippen molar-refractivity contribution in [3.63, 3.8) is 0 Å². The lowest BCUT2D eigenvalue weighted by Gasteiger charge is -2.04. The second-order valence-electron chi connectivity index (χ2n) is 3.45. The van der Waals surface area contributed by atoms with E-state index in [0.29, 0.717) is 16.9 Å². The van der Waals surface area contributed by atoms with E-state index in [0.717, 1.165) is 5.56 Å². The number of aromatic amines is 1. The second-order valence-corrected chi connectivity index (χ2v) is 4.63. The number of nitrogens with zero attached hydrogens (tertiary/aromatic N) is 1. The Kier molecular flexibility index (Phi) is 3.21. The molecule has 0 aliphatic rings. The average Bonchev–Trinajstić information content (AvgIpc) is 2.86. The first kappa shape index (κ1) is 11.7. The van der Waals surface area contributed by atoms with Crippen LogP contribution in [-0.4, -0.2) is 21.1 Å². The molecule has 0 aliphatic heterocycles. The van der Waals surface area contributed by atoms with Crippen LogP contribution in [0.3, 0.4) is 0 Å². The summed E-state index contributed by atoms with van der Waals surface area (Å²) in [5.41, 5.74) is 7.61. The van der Waals surface area contributed by atoms with E-state index in [4.69, 9.17) is 18.0 Å². The number of thiocarbonyl (C=S) groups is 1. The smallest absolute Gasteiger partial charge is 0.257 e. The van der Waals surface area contributed by atoms with Crippen LogP contribution in [0.1, 0.15) is 21.5 Å². The first-order chi connectivity index (χ1) is 8.09. The fourth-order valence-electron chi connectivity index (χ4n) is 1.34.